The Kier molecular flexibility index (Phi) is 9.14. The maximum atomic E-state index is 14.2. The molecule has 6 rings (SSSR count). The van der Waals surface area contributed by atoms with E-state index in [-0.39, 0.29) is 29.9 Å². The number of halogens is 1. The number of amides is 2. The van der Waals surface area contributed by atoms with Crippen molar-refractivity contribution in [3.05, 3.63) is 106 Å². The molecule has 2 N–H and O–H groups in total. The first-order chi connectivity index (χ1) is 23.0. The van der Waals surface area contributed by atoms with E-state index in [4.69, 9.17) is 0 Å². The van der Waals surface area contributed by atoms with Crippen molar-refractivity contribution in [3.63, 3.8) is 0 Å². The summed E-state index contributed by atoms with van der Waals surface area (Å²) in [6, 6.07) is 17.5. The highest BCUT2D eigenvalue weighted by Crippen LogP contribution is 2.31. The molecule has 2 amide bonds. The molecule has 0 spiro atoms. The summed E-state index contributed by atoms with van der Waals surface area (Å²) in [5.41, 5.74) is 5.25. The number of nitrogens with zero attached hydrogens (tertiary/aromatic N) is 5. The number of rotatable bonds is 9. The number of carbonyl (C=O) groups excluding carboxylic acids is 2. The van der Waals surface area contributed by atoms with Gasteiger partial charge in [-0.15, -0.1) is 0 Å². The van der Waals surface area contributed by atoms with Crippen LogP contribution in [-0.4, -0.2) is 71.1 Å². The molecular weight excluding hydrogens is 609 g/mol. The number of hydrogen-bond donors (Lipinski definition) is 2. The molecule has 5 aromatic rings. The molecule has 2 aromatic heterocycles. The fourth-order valence-corrected chi connectivity index (χ4v) is 6.18. The molecule has 0 saturated carbocycles. The monoisotopic (exact) mass is 649 g/mol. The number of likely N-dealkylation sites (N-methyl/N-ethyl adjacent to an activating group) is 1. The molecule has 0 aliphatic carbocycles. The van der Waals surface area contributed by atoms with Gasteiger partial charge in [0.2, 0.25) is 5.91 Å². The smallest absolute Gasteiger partial charge is 0.277 e. The minimum Gasteiger partial charge on any atom is -0.371 e. The predicted molar refractivity (Wildman–Crippen MR) is 188 cm³/mol. The molecule has 1 fully saturated rings. The number of carbonyl (C=O) groups is 2. The Bertz CT molecular complexity index is 2080. The van der Waals surface area contributed by atoms with Crippen LogP contribution in [0.5, 0.6) is 0 Å². The topological polar surface area (TPSA) is 104 Å². The lowest BCUT2D eigenvalue weighted by Crippen LogP contribution is -2.38. The van der Waals surface area contributed by atoms with Crippen molar-refractivity contribution < 1.29 is 14.0 Å². The second-order valence-electron chi connectivity index (χ2n) is 12.6. The first-order valence-electron chi connectivity index (χ1n) is 16.1. The summed E-state index contributed by atoms with van der Waals surface area (Å²) in [6.07, 6.45) is 5.55. The third-order valence-electron chi connectivity index (χ3n) is 8.92. The van der Waals surface area contributed by atoms with Crippen molar-refractivity contribution in [3.8, 4) is 17.1 Å². The van der Waals surface area contributed by atoms with Crippen LogP contribution in [0.1, 0.15) is 41.3 Å². The molecule has 1 atom stereocenters. The Morgan fingerprint density at radius 2 is 1.77 bits per heavy atom. The lowest BCUT2D eigenvalue weighted by atomic mass is 10.1. The van der Waals surface area contributed by atoms with Crippen LogP contribution in [0.15, 0.2) is 77.9 Å². The minimum atomic E-state index is -0.528. The van der Waals surface area contributed by atoms with Crippen molar-refractivity contribution in [2.75, 3.05) is 44.4 Å². The minimum absolute atomic E-state index is 0.0522. The van der Waals surface area contributed by atoms with E-state index >= 15 is 0 Å². The van der Waals surface area contributed by atoms with Gasteiger partial charge in [0.1, 0.15) is 17.3 Å². The molecule has 10 nitrogen and oxygen atoms in total. The van der Waals surface area contributed by atoms with Crippen LogP contribution in [-0.2, 0) is 11.3 Å². The lowest BCUT2D eigenvalue weighted by molar-refractivity contribution is -0.117. The van der Waals surface area contributed by atoms with Crippen molar-refractivity contribution >= 4 is 34.1 Å². The van der Waals surface area contributed by atoms with Crippen LogP contribution in [0.4, 0.5) is 15.8 Å². The Labute approximate surface area is 278 Å². The van der Waals surface area contributed by atoms with E-state index < -0.39 is 11.6 Å². The van der Waals surface area contributed by atoms with Gasteiger partial charge in [-0.3, -0.25) is 19.0 Å². The average Bonchev–Trinajstić information content (AvgIpc) is 3.74. The number of benzene rings is 3. The van der Waals surface area contributed by atoms with Gasteiger partial charge in [0.25, 0.3) is 11.5 Å². The number of nitrogens with one attached hydrogen (secondary N) is 2. The molecule has 1 aliphatic rings. The number of anilines is 2. The molecule has 3 heterocycles. The van der Waals surface area contributed by atoms with Crippen LogP contribution in [0.2, 0.25) is 0 Å². The van der Waals surface area contributed by atoms with Gasteiger partial charge >= 0.3 is 0 Å². The summed E-state index contributed by atoms with van der Waals surface area (Å²) in [6.45, 7) is 5.65. The van der Waals surface area contributed by atoms with Gasteiger partial charge < -0.3 is 25.0 Å². The summed E-state index contributed by atoms with van der Waals surface area (Å²) in [7, 11) is 5.04. The summed E-state index contributed by atoms with van der Waals surface area (Å²) >= 11 is 0. The molecule has 48 heavy (non-hydrogen) atoms. The highest BCUT2D eigenvalue weighted by atomic mass is 19.1. The maximum Gasteiger partial charge on any atom is 0.277 e. The van der Waals surface area contributed by atoms with Gasteiger partial charge in [-0.1, -0.05) is 12.1 Å². The quantitative estimate of drug-likeness (QED) is 0.228. The van der Waals surface area contributed by atoms with E-state index in [1.165, 1.54) is 17.2 Å². The van der Waals surface area contributed by atoms with E-state index in [1.54, 1.807) is 63.0 Å². The first kappa shape index (κ1) is 32.6. The molecular formula is C37H40FN7O3. The predicted octanol–water partition coefficient (Wildman–Crippen LogP) is 5.20. The largest absolute Gasteiger partial charge is 0.371 e. The molecule has 3 aromatic carbocycles. The Balaban J connectivity index is 1.51. The second kappa shape index (κ2) is 13.4. The normalized spacial score (nSPS) is 13.6. The van der Waals surface area contributed by atoms with E-state index in [0.717, 1.165) is 59.3 Å². The highest BCUT2D eigenvalue weighted by Gasteiger charge is 2.21. The van der Waals surface area contributed by atoms with Gasteiger partial charge in [0.15, 0.2) is 0 Å². The number of aryl methyl sites for hydroxylation is 1. The summed E-state index contributed by atoms with van der Waals surface area (Å²) in [5.74, 6) is -0.465. The van der Waals surface area contributed by atoms with Crippen LogP contribution in [0, 0.1) is 12.7 Å². The Morgan fingerprint density at radius 3 is 2.50 bits per heavy atom. The first-order valence-corrected chi connectivity index (χ1v) is 16.1. The summed E-state index contributed by atoms with van der Waals surface area (Å²) in [5, 5.41) is 6.45. The summed E-state index contributed by atoms with van der Waals surface area (Å²) < 4.78 is 17.8. The Hall–Kier alpha value is -5.29. The van der Waals surface area contributed by atoms with E-state index in [1.807, 2.05) is 25.3 Å². The van der Waals surface area contributed by atoms with Gasteiger partial charge in [-0.25, -0.2) is 9.37 Å². The lowest BCUT2D eigenvalue weighted by Gasteiger charge is -2.22. The van der Waals surface area contributed by atoms with E-state index in [2.05, 4.69) is 37.2 Å². The molecule has 248 valence electrons. The molecule has 1 unspecified atom stereocenters. The second-order valence-corrected chi connectivity index (χ2v) is 12.6. The highest BCUT2D eigenvalue weighted by molar-refractivity contribution is 5.95. The summed E-state index contributed by atoms with van der Waals surface area (Å²) in [4.78, 5) is 48.4. The van der Waals surface area contributed by atoms with Gasteiger partial charge in [-0.05, 0) is 93.4 Å². The number of hydrogen-bond acceptors (Lipinski definition) is 6. The molecule has 0 radical (unpaired) electrons. The SMILES string of the molecule is CNC(C)C(=O)Nc1cnc(-c2cccc(C(=O)N(C)C)c2)n(Cc2cc(N3CCCC3)cc(-n3cc(C)c4cc(F)ccc43)c2)c1=O. The van der Waals surface area contributed by atoms with Gasteiger partial charge in [0, 0.05) is 61.3 Å². The van der Waals surface area contributed by atoms with Crippen LogP contribution in [0.25, 0.3) is 28.0 Å². The van der Waals surface area contributed by atoms with Gasteiger partial charge in [-0.2, -0.15) is 0 Å². The van der Waals surface area contributed by atoms with Gasteiger partial charge in [0.05, 0.1) is 24.3 Å². The van der Waals surface area contributed by atoms with Crippen LogP contribution < -0.4 is 21.1 Å². The molecule has 0 bridgehead atoms. The van der Waals surface area contributed by atoms with E-state index in [9.17, 15) is 18.8 Å². The standard InChI is InChI=1S/C37H40FN7O3/c1-23-21-44(33-12-11-28(38)18-31(23)33)30-16-25(15-29(19-30)43-13-6-7-14-43)22-45-34(26-9-8-10-27(17-26)36(47)42(4)5)40-20-32(37(45)48)41-35(46)24(2)39-3/h8-12,15-21,24,39H,6-7,13-14,22H2,1-5H3,(H,41,46). The zero-order valence-corrected chi connectivity index (χ0v) is 27.9. The number of aromatic nitrogens is 3. The molecule has 1 saturated heterocycles. The fraction of sp³-hybridized carbons (Fsp3) is 0.297. The molecule has 1 aliphatic heterocycles. The average molecular weight is 650 g/mol. The third kappa shape index (κ3) is 6.46. The van der Waals surface area contributed by atoms with E-state index in [0.29, 0.717) is 17.0 Å². The third-order valence-corrected chi connectivity index (χ3v) is 8.92. The van der Waals surface area contributed by atoms with Crippen molar-refractivity contribution in [1.82, 2.24) is 24.3 Å². The van der Waals surface area contributed by atoms with Crippen LogP contribution >= 0.6 is 0 Å². The molecule has 11 heteroatoms. The maximum absolute atomic E-state index is 14.2. The van der Waals surface area contributed by atoms with Crippen molar-refractivity contribution in [2.24, 2.45) is 0 Å². The number of fused-ring (bicyclic) bond motifs is 1. The van der Waals surface area contributed by atoms with Crippen LogP contribution in [0.3, 0.4) is 0 Å². The van der Waals surface area contributed by atoms with Crippen molar-refractivity contribution in [1.29, 1.82) is 0 Å². The zero-order valence-electron chi connectivity index (χ0n) is 27.9. The van der Waals surface area contributed by atoms with Crippen molar-refractivity contribution in [2.45, 2.75) is 39.3 Å². The Morgan fingerprint density at radius 1 is 1.02 bits per heavy atom. The zero-order chi connectivity index (χ0) is 34.1. The fourth-order valence-electron chi connectivity index (χ4n) is 6.18.